The van der Waals surface area contributed by atoms with Crippen LogP contribution in [0, 0.1) is 11.8 Å². The summed E-state index contributed by atoms with van der Waals surface area (Å²) in [6, 6.07) is 7.25. The molecule has 4 heteroatoms. The zero-order valence-corrected chi connectivity index (χ0v) is 11.7. The van der Waals surface area contributed by atoms with Crippen molar-refractivity contribution in [3.63, 3.8) is 0 Å². The van der Waals surface area contributed by atoms with Crippen molar-refractivity contribution in [1.82, 2.24) is 0 Å². The van der Waals surface area contributed by atoms with Crippen LogP contribution < -0.4 is 5.46 Å². The third-order valence-electron chi connectivity index (χ3n) is 4.31. The molecule has 0 amide bonds. The lowest BCUT2D eigenvalue weighted by Gasteiger charge is -2.32. The van der Waals surface area contributed by atoms with E-state index in [4.69, 9.17) is 14.8 Å². The Morgan fingerprint density at radius 2 is 1.79 bits per heavy atom. The summed E-state index contributed by atoms with van der Waals surface area (Å²) < 4.78 is 5.96. The molecule has 0 radical (unpaired) electrons. The second-order valence-corrected chi connectivity index (χ2v) is 5.82. The van der Waals surface area contributed by atoms with Gasteiger partial charge < -0.3 is 14.8 Å². The van der Waals surface area contributed by atoms with Gasteiger partial charge in [0.25, 0.3) is 0 Å². The lowest BCUT2D eigenvalue weighted by molar-refractivity contribution is -0.00744. The molecule has 104 valence electrons. The van der Waals surface area contributed by atoms with Crippen LogP contribution in [0.5, 0.6) is 0 Å². The summed E-state index contributed by atoms with van der Waals surface area (Å²) >= 11 is 0. The molecule has 2 rings (SSSR count). The number of hydrogen-bond donors (Lipinski definition) is 2. The van der Waals surface area contributed by atoms with E-state index in [1.54, 1.807) is 12.1 Å². The number of hydrogen-bond acceptors (Lipinski definition) is 3. The Hall–Kier alpha value is -0.835. The Morgan fingerprint density at radius 3 is 2.37 bits per heavy atom. The van der Waals surface area contributed by atoms with Gasteiger partial charge in [0.1, 0.15) is 0 Å². The van der Waals surface area contributed by atoms with Gasteiger partial charge in [0.05, 0.1) is 12.7 Å². The number of ether oxygens (including phenoxy) is 1. The first-order chi connectivity index (χ1) is 9.06. The number of benzene rings is 1. The Bertz CT molecular complexity index is 391. The van der Waals surface area contributed by atoms with E-state index < -0.39 is 7.12 Å². The van der Waals surface area contributed by atoms with Crippen molar-refractivity contribution < 1.29 is 14.8 Å². The second kappa shape index (κ2) is 6.55. The molecular weight excluding hydrogens is 239 g/mol. The summed E-state index contributed by atoms with van der Waals surface area (Å²) in [5.74, 6) is 1.55. The zero-order chi connectivity index (χ0) is 13.8. The van der Waals surface area contributed by atoms with Gasteiger partial charge in [0.15, 0.2) is 0 Å². The monoisotopic (exact) mass is 262 g/mol. The molecular formula is C15H23BO3. The minimum Gasteiger partial charge on any atom is -0.423 e. The van der Waals surface area contributed by atoms with Crippen LogP contribution in [0.4, 0.5) is 0 Å². The van der Waals surface area contributed by atoms with Gasteiger partial charge in [0.2, 0.25) is 0 Å². The fraction of sp³-hybridized carbons (Fsp3) is 0.600. The van der Waals surface area contributed by atoms with Gasteiger partial charge in [-0.05, 0) is 42.1 Å². The molecule has 0 spiro atoms. The molecule has 1 aliphatic rings. The lowest BCUT2D eigenvalue weighted by atomic mass is 9.80. The smallest absolute Gasteiger partial charge is 0.423 e. The van der Waals surface area contributed by atoms with Crippen molar-refractivity contribution in [1.29, 1.82) is 0 Å². The van der Waals surface area contributed by atoms with Crippen molar-refractivity contribution in [3.8, 4) is 0 Å². The summed E-state index contributed by atoms with van der Waals surface area (Å²) in [7, 11) is -1.39. The van der Waals surface area contributed by atoms with Gasteiger partial charge in [0, 0.05) is 0 Å². The largest absolute Gasteiger partial charge is 0.488 e. The van der Waals surface area contributed by atoms with Crippen LogP contribution in [-0.4, -0.2) is 23.3 Å². The molecule has 1 aromatic rings. The van der Waals surface area contributed by atoms with Gasteiger partial charge in [-0.25, -0.2) is 0 Å². The Labute approximate surface area is 115 Å². The molecule has 1 aromatic carbocycles. The SMILES string of the molecule is CC1CCC(OCc2ccc(B(O)O)cc2)CC1C. The van der Waals surface area contributed by atoms with E-state index in [1.165, 1.54) is 6.42 Å². The number of rotatable bonds is 4. The van der Waals surface area contributed by atoms with Crippen LogP contribution in [0.15, 0.2) is 24.3 Å². The summed E-state index contributed by atoms with van der Waals surface area (Å²) in [6.45, 7) is 5.23. The molecule has 0 aromatic heterocycles. The van der Waals surface area contributed by atoms with Gasteiger partial charge >= 0.3 is 7.12 Å². The predicted octanol–water partition coefficient (Wildman–Crippen LogP) is 1.71. The topological polar surface area (TPSA) is 49.7 Å². The quantitative estimate of drug-likeness (QED) is 0.812. The molecule has 0 heterocycles. The zero-order valence-electron chi connectivity index (χ0n) is 11.7. The highest BCUT2D eigenvalue weighted by Gasteiger charge is 2.24. The third-order valence-corrected chi connectivity index (χ3v) is 4.31. The first-order valence-electron chi connectivity index (χ1n) is 7.13. The van der Waals surface area contributed by atoms with Crippen molar-refractivity contribution in [2.24, 2.45) is 11.8 Å². The molecule has 3 atom stereocenters. The standard InChI is InChI=1S/C15H23BO3/c1-11-3-8-15(9-12(11)2)19-10-13-4-6-14(7-5-13)16(17)18/h4-7,11-12,15,17-18H,3,8-10H2,1-2H3. The van der Waals surface area contributed by atoms with Crippen LogP contribution >= 0.6 is 0 Å². The Morgan fingerprint density at radius 1 is 1.11 bits per heavy atom. The van der Waals surface area contributed by atoms with E-state index in [0.29, 0.717) is 18.2 Å². The average molecular weight is 262 g/mol. The lowest BCUT2D eigenvalue weighted by Crippen LogP contribution is -2.29. The Balaban J connectivity index is 1.82. The van der Waals surface area contributed by atoms with Gasteiger partial charge in [-0.1, -0.05) is 38.1 Å². The molecule has 0 aliphatic heterocycles. The highest BCUT2D eigenvalue weighted by Crippen LogP contribution is 2.31. The van der Waals surface area contributed by atoms with E-state index in [-0.39, 0.29) is 0 Å². The van der Waals surface area contributed by atoms with Crippen LogP contribution in [-0.2, 0) is 11.3 Å². The molecule has 2 N–H and O–H groups in total. The van der Waals surface area contributed by atoms with Crippen LogP contribution in [0.25, 0.3) is 0 Å². The predicted molar refractivity (Wildman–Crippen MR) is 77.0 cm³/mol. The molecule has 0 saturated heterocycles. The second-order valence-electron chi connectivity index (χ2n) is 5.82. The van der Waals surface area contributed by atoms with E-state index >= 15 is 0 Å². The average Bonchev–Trinajstić information content (AvgIpc) is 2.40. The van der Waals surface area contributed by atoms with Gasteiger partial charge in [-0.15, -0.1) is 0 Å². The fourth-order valence-corrected chi connectivity index (χ4v) is 2.65. The van der Waals surface area contributed by atoms with E-state index in [2.05, 4.69) is 13.8 Å². The molecule has 3 unspecified atom stereocenters. The van der Waals surface area contributed by atoms with Crippen molar-refractivity contribution in [2.75, 3.05) is 0 Å². The highest BCUT2D eigenvalue weighted by molar-refractivity contribution is 6.58. The van der Waals surface area contributed by atoms with Crippen molar-refractivity contribution in [2.45, 2.75) is 45.8 Å². The first kappa shape index (κ1) is 14.6. The van der Waals surface area contributed by atoms with Gasteiger partial charge in [-0.3, -0.25) is 0 Å². The molecule has 0 bridgehead atoms. The van der Waals surface area contributed by atoms with E-state index in [0.717, 1.165) is 30.2 Å². The molecule has 3 nitrogen and oxygen atoms in total. The maximum absolute atomic E-state index is 9.03. The first-order valence-corrected chi connectivity index (χ1v) is 7.13. The Kier molecular flexibility index (Phi) is 5.02. The molecule has 1 saturated carbocycles. The van der Waals surface area contributed by atoms with Gasteiger partial charge in [-0.2, -0.15) is 0 Å². The summed E-state index contributed by atoms with van der Waals surface area (Å²) in [5.41, 5.74) is 1.60. The van der Waals surface area contributed by atoms with Crippen molar-refractivity contribution >= 4 is 12.6 Å². The molecule has 1 aliphatic carbocycles. The van der Waals surface area contributed by atoms with Crippen LogP contribution in [0.1, 0.15) is 38.7 Å². The fourth-order valence-electron chi connectivity index (χ4n) is 2.65. The third kappa shape index (κ3) is 4.06. The maximum atomic E-state index is 9.03. The summed E-state index contributed by atoms with van der Waals surface area (Å²) in [4.78, 5) is 0. The van der Waals surface area contributed by atoms with Crippen LogP contribution in [0.2, 0.25) is 0 Å². The summed E-state index contributed by atoms with van der Waals surface area (Å²) in [6.07, 6.45) is 3.92. The summed E-state index contributed by atoms with van der Waals surface area (Å²) in [5, 5.41) is 18.1. The molecule has 1 fully saturated rings. The minimum atomic E-state index is -1.39. The minimum absolute atomic E-state index is 0.370. The highest BCUT2D eigenvalue weighted by atomic mass is 16.5. The normalized spacial score (nSPS) is 27.3. The van der Waals surface area contributed by atoms with Crippen LogP contribution in [0.3, 0.4) is 0 Å². The molecule has 19 heavy (non-hydrogen) atoms. The van der Waals surface area contributed by atoms with Crippen molar-refractivity contribution in [3.05, 3.63) is 29.8 Å². The maximum Gasteiger partial charge on any atom is 0.488 e. The van der Waals surface area contributed by atoms with E-state index in [1.807, 2.05) is 12.1 Å². The van der Waals surface area contributed by atoms with E-state index in [9.17, 15) is 0 Å².